The summed E-state index contributed by atoms with van der Waals surface area (Å²) >= 11 is 1.46. The van der Waals surface area contributed by atoms with Crippen LogP contribution < -0.4 is 0 Å². The first-order chi connectivity index (χ1) is 14.9. The Kier molecular flexibility index (Phi) is 6.89. The summed E-state index contributed by atoms with van der Waals surface area (Å²) in [5.41, 5.74) is 1.83. The van der Waals surface area contributed by atoms with E-state index in [-0.39, 0.29) is 18.4 Å². The molecule has 4 rings (SSSR count). The number of hydrogen-bond donors (Lipinski definition) is 0. The minimum atomic E-state index is 0.139. The number of benzene rings is 1. The molecular weight excluding hydrogens is 408 g/mol. The molecule has 0 spiro atoms. The monoisotopic (exact) mass is 442 g/mol. The summed E-state index contributed by atoms with van der Waals surface area (Å²) in [4.78, 5) is 34.7. The van der Waals surface area contributed by atoms with Gasteiger partial charge in [-0.1, -0.05) is 44.7 Å². The molecule has 1 aromatic carbocycles. The third-order valence-electron chi connectivity index (χ3n) is 6.47. The standard InChI is InChI=1S/C24H34N4O2S/c1-17-7-6-10-26(12-17)23(30)16-31-24-25-20-8-4-5-9-21(20)28(24)15-22(29)27-13-18(2)11-19(3)14-27/h4-5,8-9,17-19H,6-7,10-16H2,1-3H3/t17-,18-,19-/m0/s1. The van der Waals surface area contributed by atoms with Crippen molar-refractivity contribution in [3.63, 3.8) is 0 Å². The zero-order valence-electron chi connectivity index (χ0n) is 18.9. The quantitative estimate of drug-likeness (QED) is 0.659. The van der Waals surface area contributed by atoms with Crippen molar-refractivity contribution in [2.45, 2.75) is 51.7 Å². The fourth-order valence-corrected chi connectivity index (χ4v) is 5.97. The first-order valence-corrected chi connectivity index (χ1v) is 12.5. The topological polar surface area (TPSA) is 58.4 Å². The van der Waals surface area contributed by atoms with Crippen molar-refractivity contribution < 1.29 is 9.59 Å². The zero-order chi connectivity index (χ0) is 22.0. The van der Waals surface area contributed by atoms with Gasteiger partial charge in [0.2, 0.25) is 11.8 Å². The molecule has 7 heteroatoms. The minimum Gasteiger partial charge on any atom is -0.342 e. The maximum absolute atomic E-state index is 13.2. The molecule has 2 aliphatic heterocycles. The van der Waals surface area contributed by atoms with Crippen molar-refractivity contribution in [3.05, 3.63) is 24.3 Å². The van der Waals surface area contributed by atoms with Gasteiger partial charge in [0, 0.05) is 26.2 Å². The Hall–Kier alpha value is -2.02. The van der Waals surface area contributed by atoms with Gasteiger partial charge in [0.25, 0.3) is 0 Å². The van der Waals surface area contributed by atoms with Gasteiger partial charge in [0.15, 0.2) is 5.16 Å². The molecule has 3 heterocycles. The second-order valence-electron chi connectivity index (χ2n) is 9.59. The number of rotatable bonds is 5. The van der Waals surface area contributed by atoms with E-state index in [1.807, 2.05) is 38.6 Å². The van der Waals surface area contributed by atoms with Crippen LogP contribution in [0, 0.1) is 17.8 Å². The number of nitrogens with zero attached hydrogens (tertiary/aromatic N) is 4. The van der Waals surface area contributed by atoms with E-state index in [0.717, 1.165) is 48.8 Å². The summed E-state index contributed by atoms with van der Waals surface area (Å²) in [5.74, 6) is 2.30. The Bertz CT molecular complexity index is 933. The molecule has 31 heavy (non-hydrogen) atoms. The van der Waals surface area contributed by atoms with Crippen molar-refractivity contribution >= 4 is 34.6 Å². The van der Waals surface area contributed by atoms with Crippen LogP contribution in [-0.4, -0.2) is 63.1 Å². The number of carbonyl (C=O) groups excluding carboxylic acids is 2. The van der Waals surface area contributed by atoms with Crippen LogP contribution in [0.15, 0.2) is 29.4 Å². The number of piperidine rings is 2. The molecule has 168 valence electrons. The van der Waals surface area contributed by atoms with Gasteiger partial charge in [-0.25, -0.2) is 4.98 Å². The summed E-state index contributed by atoms with van der Waals surface area (Å²) in [5, 5.41) is 0.756. The molecule has 0 aliphatic carbocycles. The highest BCUT2D eigenvalue weighted by atomic mass is 32.2. The average molecular weight is 443 g/mol. The lowest BCUT2D eigenvalue weighted by Crippen LogP contribution is -2.44. The number of imidazole rings is 1. The lowest BCUT2D eigenvalue weighted by Gasteiger charge is -2.35. The van der Waals surface area contributed by atoms with E-state index >= 15 is 0 Å². The highest BCUT2D eigenvalue weighted by Crippen LogP contribution is 2.27. The van der Waals surface area contributed by atoms with Crippen LogP contribution in [0.3, 0.4) is 0 Å². The molecule has 6 nitrogen and oxygen atoms in total. The summed E-state index contributed by atoms with van der Waals surface area (Å²) in [6, 6.07) is 7.92. The average Bonchev–Trinajstić information content (AvgIpc) is 3.08. The van der Waals surface area contributed by atoms with Crippen LogP contribution in [0.4, 0.5) is 0 Å². The molecule has 3 atom stereocenters. The number of hydrogen-bond acceptors (Lipinski definition) is 4. The Morgan fingerprint density at radius 3 is 2.45 bits per heavy atom. The molecule has 2 aromatic rings. The van der Waals surface area contributed by atoms with Crippen LogP contribution in [-0.2, 0) is 16.1 Å². The second-order valence-corrected chi connectivity index (χ2v) is 10.5. The molecule has 0 saturated carbocycles. The SMILES string of the molecule is C[C@H]1CCCN(C(=O)CSc2nc3ccccc3n2CC(=O)N2C[C@@H](C)C[C@H](C)C2)C1. The molecule has 0 N–H and O–H groups in total. The van der Waals surface area contributed by atoms with E-state index in [4.69, 9.17) is 4.98 Å². The normalized spacial score (nSPS) is 24.5. The summed E-state index contributed by atoms with van der Waals surface area (Å²) in [7, 11) is 0. The van der Waals surface area contributed by atoms with Gasteiger partial charge < -0.3 is 14.4 Å². The highest BCUT2D eigenvalue weighted by molar-refractivity contribution is 7.99. The van der Waals surface area contributed by atoms with E-state index in [1.165, 1.54) is 24.6 Å². The van der Waals surface area contributed by atoms with Crippen LogP contribution in [0.1, 0.15) is 40.0 Å². The lowest BCUT2D eigenvalue weighted by atomic mass is 9.92. The maximum atomic E-state index is 13.2. The van der Waals surface area contributed by atoms with E-state index in [9.17, 15) is 9.59 Å². The predicted octanol–water partition coefficient (Wildman–Crippen LogP) is 3.89. The van der Waals surface area contributed by atoms with Crippen LogP contribution in [0.5, 0.6) is 0 Å². The Morgan fingerprint density at radius 1 is 1.00 bits per heavy atom. The first-order valence-electron chi connectivity index (χ1n) is 11.5. The lowest BCUT2D eigenvalue weighted by molar-refractivity contribution is -0.134. The summed E-state index contributed by atoms with van der Waals surface area (Å²) in [6.07, 6.45) is 3.45. The van der Waals surface area contributed by atoms with Gasteiger partial charge >= 0.3 is 0 Å². The van der Waals surface area contributed by atoms with Crippen molar-refractivity contribution in [3.8, 4) is 0 Å². The number of aromatic nitrogens is 2. The van der Waals surface area contributed by atoms with E-state index in [0.29, 0.717) is 23.5 Å². The summed E-state index contributed by atoms with van der Waals surface area (Å²) in [6.45, 7) is 10.3. The molecule has 0 unspecified atom stereocenters. The molecular formula is C24H34N4O2S. The second kappa shape index (κ2) is 9.63. The third-order valence-corrected chi connectivity index (χ3v) is 7.43. The largest absolute Gasteiger partial charge is 0.342 e. The van der Waals surface area contributed by atoms with Crippen LogP contribution in [0.25, 0.3) is 11.0 Å². The van der Waals surface area contributed by atoms with Crippen molar-refractivity contribution in [2.24, 2.45) is 17.8 Å². The van der Waals surface area contributed by atoms with Gasteiger partial charge in [-0.15, -0.1) is 0 Å². The number of likely N-dealkylation sites (tertiary alicyclic amines) is 2. The van der Waals surface area contributed by atoms with Crippen molar-refractivity contribution in [1.29, 1.82) is 0 Å². The molecule has 2 fully saturated rings. The summed E-state index contributed by atoms with van der Waals surface area (Å²) < 4.78 is 2.00. The number of thioether (sulfide) groups is 1. The number of para-hydroxylation sites is 2. The number of fused-ring (bicyclic) bond motifs is 1. The number of amides is 2. The van der Waals surface area contributed by atoms with Gasteiger partial charge in [-0.2, -0.15) is 0 Å². The Balaban J connectivity index is 1.49. The van der Waals surface area contributed by atoms with Gasteiger partial charge in [0.1, 0.15) is 6.54 Å². The molecule has 1 aromatic heterocycles. The van der Waals surface area contributed by atoms with Crippen molar-refractivity contribution in [2.75, 3.05) is 31.9 Å². The fraction of sp³-hybridized carbons (Fsp3) is 0.625. The first kappa shape index (κ1) is 22.2. The van der Waals surface area contributed by atoms with Gasteiger partial charge in [0.05, 0.1) is 16.8 Å². The minimum absolute atomic E-state index is 0.139. The predicted molar refractivity (Wildman–Crippen MR) is 125 cm³/mol. The number of carbonyl (C=O) groups is 2. The van der Waals surface area contributed by atoms with Gasteiger partial charge in [-0.3, -0.25) is 9.59 Å². The van der Waals surface area contributed by atoms with Crippen molar-refractivity contribution in [1.82, 2.24) is 19.4 Å². The smallest absolute Gasteiger partial charge is 0.242 e. The molecule has 2 saturated heterocycles. The molecule has 0 radical (unpaired) electrons. The maximum Gasteiger partial charge on any atom is 0.242 e. The molecule has 2 aliphatic rings. The van der Waals surface area contributed by atoms with Crippen LogP contribution in [0.2, 0.25) is 0 Å². The van der Waals surface area contributed by atoms with E-state index in [2.05, 4.69) is 20.8 Å². The fourth-order valence-electron chi connectivity index (χ4n) is 5.05. The van der Waals surface area contributed by atoms with Gasteiger partial charge in [-0.05, 0) is 49.1 Å². The Labute approximate surface area is 189 Å². The van der Waals surface area contributed by atoms with Crippen LogP contribution >= 0.6 is 11.8 Å². The Morgan fingerprint density at radius 2 is 1.71 bits per heavy atom. The zero-order valence-corrected chi connectivity index (χ0v) is 19.7. The van der Waals surface area contributed by atoms with E-state index < -0.39 is 0 Å². The third kappa shape index (κ3) is 5.25. The molecule has 0 bridgehead atoms. The highest BCUT2D eigenvalue weighted by Gasteiger charge is 2.27. The van der Waals surface area contributed by atoms with E-state index in [1.54, 1.807) is 0 Å². The molecule has 2 amide bonds.